The van der Waals surface area contributed by atoms with E-state index in [1.165, 1.54) is 12.1 Å². The number of carbonyl (C=O) groups excluding carboxylic acids is 1. The molecule has 0 spiro atoms. The number of hydrogen-bond acceptors (Lipinski definition) is 4. The van der Waals surface area contributed by atoms with E-state index in [1.54, 1.807) is 27.7 Å². The fourth-order valence-electron chi connectivity index (χ4n) is 1.39. The Labute approximate surface area is 117 Å². The first kappa shape index (κ1) is 16.0. The van der Waals surface area contributed by atoms with Crippen molar-refractivity contribution in [3.63, 3.8) is 0 Å². The second kappa shape index (κ2) is 5.13. The maximum absolute atomic E-state index is 12.3. The van der Waals surface area contributed by atoms with Gasteiger partial charge < -0.3 is 21.3 Å². The third-order valence-corrected chi connectivity index (χ3v) is 3.66. The average Bonchev–Trinajstić information content (AvgIpc) is 2.29. The third kappa shape index (κ3) is 3.08. The number of phenolic OH excluding ortho intramolecular Hbond substituents is 1. The SMILES string of the molecule is CC(C)(N)C(C)(C)C(=O)Nc1ccc(O)cc1C(=O)O. The van der Waals surface area contributed by atoms with Crippen LogP contribution in [-0.2, 0) is 4.79 Å². The second-order valence-corrected chi connectivity index (χ2v) is 5.84. The number of carboxylic acid groups (broad SMARTS) is 1. The molecule has 6 nitrogen and oxygen atoms in total. The lowest BCUT2D eigenvalue weighted by molar-refractivity contribution is -0.126. The van der Waals surface area contributed by atoms with Crippen LogP contribution in [0.3, 0.4) is 0 Å². The molecular formula is C14H20N2O4. The molecule has 0 atom stereocenters. The summed E-state index contributed by atoms with van der Waals surface area (Å²) in [5, 5.41) is 20.9. The molecule has 6 heteroatoms. The van der Waals surface area contributed by atoms with E-state index < -0.39 is 22.8 Å². The van der Waals surface area contributed by atoms with Crippen LogP contribution in [0.5, 0.6) is 5.75 Å². The Hall–Kier alpha value is -2.08. The van der Waals surface area contributed by atoms with Gasteiger partial charge in [-0.15, -0.1) is 0 Å². The number of nitrogens with two attached hydrogens (primary N) is 1. The zero-order chi connectivity index (χ0) is 15.7. The van der Waals surface area contributed by atoms with Crippen LogP contribution >= 0.6 is 0 Å². The summed E-state index contributed by atoms with van der Waals surface area (Å²) in [4.78, 5) is 23.4. The maximum Gasteiger partial charge on any atom is 0.337 e. The molecule has 20 heavy (non-hydrogen) atoms. The van der Waals surface area contributed by atoms with Crippen LogP contribution in [0.25, 0.3) is 0 Å². The Morgan fingerprint density at radius 2 is 1.75 bits per heavy atom. The highest BCUT2D eigenvalue weighted by molar-refractivity contribution is 6.02. The first-order chi connectivity index (χ1) is 8.96. The molecule has 1 rings (SSSR count). The number of benzene rings is 1. The van der Waals surface area contributed by atoms with Crippen molar-refractivity contribution in [1.29, 1.82) is 0 Å². The van der Waals surface area contributed by atoms with Crippen molar-refractivity contribution in [3.05, 3.63) is 23.8 Å². The maximum atomic E-state index is 12.3. The molecule has 0 radical (unpaired) electrons. The van der Waals surface area contributed by atoms with Crippen LogP contribution in [-0.4, -0.2) is 27.6 Å². The van der Waals surface area contributed by atoms with Crippen molar-refractivity contribution in [2.75, 3.05) is 5.32 Å². The van der Waals surface area contributed by atoms with Crippen LogP contribution in [0.1, 0.15) is 38.1 Å². The van der Waals surface area contributed by atoms with Gasteiger partial charge in [0.25, 0.3) is 0 Å². The number of nitrogens with one attached hydrogen (secondary N) is 1. The van der Waals surface area contributed by atoms with E-state index in [9.17, 15) is 14.7 Å². The summed E-state index contributed by atoms with van der Waals surface area (Å²) in [6, 6.07) is 3.73. The summed E-state index contributed by atoms with van der Waals surface area (Å²) >= 11 is 0. The fraction of sp³-hybridized carbons (Fsp3) is 0.429. The normalized spacial score (nSPS) is 12.1. The number of amides is 1. The van der Waals surface area contributed by atoms with Crippen LogP contribution in [0.15, 0.2) is 18.2 Å². The van der Waals surface area contributed by atoms with Gasteiger partial charge in [-0.2, -0.15) is 0 Å². The molecule has 0 aliphatic rings. The lowest BCUT2D eigenvalue weighted by Gasteiger charge is -2.37. The van der Waals surface area contributed by atoms with Crippen LogP contribution < -0.4 is 11.1 Å². The van der Waals surface area contributed by atoms with Crippen LogP contribution in [0.2, 0.25) is 0 Å². The quantitative estimate of drug-likeness (QED) is 0.628. The van der Waals surface area contributed by atoms with Gasteiger partial charge >= 0.3 is 5.97 Å². The van der Waals surface area contributed by atoms with Crippen LogP contribution in [0.4, 0.5) is 5.69 Å². The Bertz CT molecular complexity index is 545. The van der Waals surface area contributed by atoms with Gasteiger partial charge in [0.1, 0.15) is 5.75 Å². The molecule has 0 saturated carbocycles. The molecule has 0 aliphatic carbocycles. The highest BCUT2D eigenvalue weighted by Gasteiger charge is 2.40. The monoisotopic (exact) mass is 280 g/mol. The summed E-state index contributed by atoms with van der Waals surface area (Å²) in [5.41, 5.74) is 4.24. The summed E-state index contributed by atoms with van der Waals surface area (Å²) in [5.74, 6) is -1.81. The molecule has 5 N–H and O–H groups in total. The van der Waals surface area contributed by atoms with Gasteiger partial charge in [-0.1, -0.05) is 0 Å². The number of phenols is 1. The zero-order valence-corrected chi connectivity index (χ0v) is 12.0. The molecule has 1 amide bonds. The van der Waals surface area contributed by atoms with Crippen molar-refractivity contribution in [2.45, 2.75) is 33.2 Å². The van der Waals surface area contributed by atoms with E-state index >= 15 is 0 Å². The first-order valence-electron chi connectivity index (χ1n) is 6.13. The van der Waals surface area contributed by atoms with Crippen LogP contribution in [0, 0.1) is 5.41 Å². The molecule has 0 saturated heterocycles. The topological polar surface area (TPSA) is 113 Å². The minimum atomic E-state index is -1.24. The Morgan fingerprint density at radius 1 is 1.20 bits per heavy atom. The third-order valence-electron chi connectivity index (χ3n) is 3.66. The van der Waals surface area contributed by atoms with Crippen molar-refractivity contribution < 1.29 is 19.8 Å². The summed E-state index contributed by atoms with van der Waals surface area (Å²) in [6.45, 7) is 6.81. The summed E-state index contributed by atoms with van der Waals surface area (Å²) < 4.78 is 0. The molecule has 110 valence electrons. The smallest absolute Gasteiger partial charge is 0.337 e. The Balaban J connectivity index is 3.12. The fourth-order valence-corrected chi connectivity index (χ4v) is 1.39. The highest BCUT2D eigenvalue weighted by Crippen LogP contribution is 2.31. The van der Waals surface area contributed by atoms with Gasteiger partial charge in [0, 0.05) is 5.54 Å². The predicted molar refractivity (Wildman–Crippen MR) is 75.7 cm³/mol. The lowest BCUT2D eigenvalue weighted by Crippen LogP contribution is -2.53. The predicted octanol–water partition coefficient (Wildman–Crippen LogP) is 1.79. The number of aromatic hydroxyl groups is 1. The molecule has 1 aromatic rings. The molecule has 0 fully saturated rings. The number of rotatable bonds is 4. The molecule has 0 aliphatic heterocycles. The Morgan fingerprint density at radius 3 is 2.20 bits per heavy atom. The minimum absolute atomic E-state index is 0.123. The van der Waals surface area contributed by atoms with E-state index in [-0.39, 0.29) is 17.0 Å². The number of hydrogen-bond donors (Lipinski definition) is 4. The van der Waals surface area contributed by atoms with Gasteiger partial charge in [0.05, 0.1) is 16.7 Å². The second-order valence-electron chi connectivity index (χ2n) is 5.84. The lowest BCUT2D eigenvalue weighted by atomic mass is 9.74. The van der Waals surface area contributed by atoms with E-state index in [1.807, 2.05) is 0 Å². The first-order valence-corrected chi connectivity index (χ1v) is 6.13. The highest BCUT2D eigenvalue weighted by atomic mass is 16.4. The number of aromatic carboxylic acids is 1. The number of carbonyl (C=O) groups is 2. The van der Waals surface area contributed by atoms with E-state index in [4.69, 9.17) is 10.8 Å². The van der Waals surface area contributed by atoms with Crippen molar-refractivity contribution in [2.24, 2.45) is 11.1 Å². The molecule has 0 aromatic heterocycles. The number of anilines is 1. The molecule has 0 unspecified atom stereocenters. The van der Waals surface area contributed by atoms with Gasteiger partial charge in [0.15, 0.2) is 0 Å². The van der Waals surface area contributed by atoms with Gasteiger partial charge in [-0.25, -0.2) is 4.79 Å². The van der Waals surface area contributed by atoms with Crippen molar-refractivity contribution >= 4 is 17.6 Å². The van der Waals surface area contributed by atoms with Gasteiger partial charge in [-0.3, -0.25) is 4.79 Å². The zero-order valence-electron chi connectivity index (χ0n) is 12.0. The molecule has 0 bridgehead atoms. The summed E-state index contributed by atoms with van der Waals surface area (Å²) in [7, 11) is 0. The largest absolute Gasteiger partial charge is 0.508 e. The van der Waals surface area contributed by atoms with Crippen molar-refractivity contribution in [1.82, 2.24) is 0 Å². The minimum Gasteiger partial charge on any atom is -0.508 e. The van der Waals surface area contributed by atoms with Gasteiger partial charge in [0.2, 0.25) is 5.91 Å². The van der Waals surface area contributed by atoms with Gasteiger partial charge in [-0.05, 0) is 45.9 Å². The van der Waals surface area contributed by atoms with E-state index in [2.05, 4.69) is 5.32 Å². The van der Waals surface area contributed by atoms with Crippen molar-refractivity contribution in [3.8, 4) is 5.75 Å². The molecular weight excluding hydrogens is 260 g/mol. The average molecular weight is 280 g/mol. The molecule has 1 aromatic carbocycles. The number of carboxylic acids is 1. The van der Waals surface area contributed by atoms with E-state index in [0.29, 0.717) is 0 Å². The Kier molecular flexibility index (Phi) is 4.10. The standard InChI is InChI=1S/C14H20N2O4/c1-13(2,14(3,4)15)12(20)16-10-6-5-8(17)7-9(10)11(18)19/h5-7,17H,15H2,1-4H3,(H,16,20)(H,18,19). The van der Waals surface area contributed by atoms with E-state index in [0.717, 1.165) is 6.07 Å². The summed E-state index contributed by atoms with van der Waals surface area (Å²) in [6.07, 6.45) is 0. The molecule has 0 heterocycles.